The van der Waals surface area contributed by atoms with E-state index < -0.39 is 0 Å². The molecule has 0 atom stereocenters. The molecule has 1 heterocycles. The third kappa shape index (κ3) is 2.84. The van der Waals surface area contributed by atoms with Crippen molar-refractivity contribution in [2.45, 2.75) is 20.3 Å². The lowest BCUT2D eigenvalue weighted by Crippen LogP contribution is -2.06. The topological polar surface area (TPSA) is 47.0 Å². The van der Waals surface area contributed by atoms with Gasteiger partial charge in [0.2, 0.25) is 0 Å². The molecule has 1 N–H and O–H groups in total. The van der Waals surface area contributed by atoms with Crippen LogP contribution in [0.4, 0.5) is 5.82 Å². The number of hydrogen-bond acceptors (Lipinski definition) is 4. The molecular formula is C15H19N3O. The Kier molecular flexibility index (Phi) is 4.34. The average Bonchev–Trinajstić information content (AvgIpc) is 2.45. The minimum absolute atomic E-state index is 0.699. The number of aromatic nitrogens is 2. The fraction of sp³-hybridized carbons (Fsp3) is 0.333. The number of anilines is 1. The van der Waals surface area contributed by atoms with Crippen molar-refractivity contribution in [2.24, 2.45) is 0 Å². The van der Waals surface area contributed by atoms with E-state index in [1.165, 1.54) is 5.56 Å². The first-order valence-electron chi connectivity index (χ1n) is 6.46. The van der Waals surface area contributed by atoms with E-state index >= 15 is 0 Å². The molecule has 0 fully saturated rings. The minimum atomic E-state index is 0.699. The lowest BCUT2D eigenvalue weighted by atomic mass is 10.0. The number of aryl methyl sites for hydroxylation is 1. The summed E-state index contributed by atoms with van der Waals surface area (Å²) in [6.45, 7) is 5.04. The molecular weight excluding hydrogens is 238 g/mol. The minimum Gasteiger partial charge on any atom is -0.491 e. The lowest BCUT2D eigenvalue weighted by Gasteiger charge is -2.14. The zero-order valence-electron chi connectivity index (χ0n) is 11.6. The van der Waals surface area contributed by atoms with Crippen LogP contribution < -0.4 is 10.1 Å². The normalized spacial score (nSPS) is 10.3. The molecule has 2 rings (SSSR count). The molecule has 19 heavy (non-hydrogen) atoms. The molecule has 0 aliphatic rings. The monoisotopic (exact) mass is 257 g/mol. The quantitative estimate of drug-likeness (QED) is 0.893. The summed E-state index contributed by atoms with van der Waals surface area (Å²) in [6, 6.07) is 8.13. The van der Waals surface area contributed by atoms with E-state index in [1.54, 1.807) is 13.4 Å². The smallest absolute Gasteiger partial charge is 0.187 e. The highest BCUT2D eigenvalue weighted by atomic mass is 16.5. The highest BCUT2D eigenvalue weighted by Crippen LogP contribution is 2.34. The van der Waals surface area contributed by atoms with E-state index in [-0.39, 0.29) is 0 Å². The second-order valence-corrected chi connectivity index (χ2v) is 4.35. The van der Waals surface area contributed by atoms with Crippen molar-refractivity contribution >= 4 is 5.82 Å². The van der Waals surface area contributed by atoms with Crippen molar-refractivity contribution in [1.82, 2.24) is 9.97 Å². The number of nitrogens with zero attached hydrogens (tertiary/aromatic N) is 2. The van der Waals surface area contributed by atoms with E-state index in [0.717, 1.165) is 30.0 Å². The molecule has 0 aliphatic heterocycles. The van der Waals surface area contributed by atoms with Crippen molar-refractivity contribution in [3.63, 3.8) is 0 Å². The maximum Gasteiger partial charge on any atom is 0.187 e. The summed E-state index contributed by atoms with van der Waals surface area (Å²) in [4.78, 5) is 8.63. The molecule has 1 aromatic carbocycles. The number of benzene rings is 1. The predicted octanol–water partition coefficient (Wildman–Crippen LogP) is 3.28. The zero-order valence-corrected chi connectivity index (χ0v) is 11.6. The Morgan fingerprint density at radius 1 is 1.21 bits per heavy atom. The van der Waals surface area contributed by atoms with Gasteiger partial charge in [-0.2, -0.15) is 0 Å². The van der Waals surface area contributed by atoms with Crippen LogP contribution in [-0.4, -0.2) is 23.6 Å². The van der Waals surface area contributed by atoms with Gasteiger partial charge in [-0.25, -0.2) is 9.97 Å². The van der Waals surface area contributed by atoms with Crippen LogP contribution in [0.2, 0.25) is 0 Å². The van der Waals surface area contributed by atoms with Crippen LogP contribution in [0.3, 0.4) is 0 Å². The first-order valence-corrected chi connectivity index (χ1v) is 6.46. The Bertz CT molecular complexity index is 555. The molecule has 4 nitrogen and oxygen atoms in total. The Hall–Kier alpha value is -2.10. The number of methoxy groups -OCH3 is 1. The van der Waals surface area contributed by atoms with Crippen LogP contribution in [0, 0.1) is 6.92 Å². The maximum absolute atomic E-state index is 5.50. The summed E-state index contributed by atoms with van der Waals surface area (Å²) >= 11 is 0. The fourth-order valence-electron chi connectivity index (χ4n) is 1.97. The van der Waals surface area contributed by atoms with Gasteiger partial charge in [0.05, 0.1) is 7.11 Å². The molecule has 0 radical (unpaired) electrons. The number of rotatable bonds is 5. The fourth-order valence-corrected chi connectivity index (χ4v) is 1.97. The molecule has 2 aromatic rings. The molecule has 0 saturated heterocycles. The summed E-state index contributed by atoms with van der Waals surface area (Å²) in [5, 5.41) is 3.27. The predicted molar refractivity (Wildman–Crippen MR) is 77.5 cm³/mol. The highest BCUT2D eigenvalue weighted by Gasteiger charge is 2.14. The van der Waals surface area contributed by atoms with Gasteiger partial charge in [0.1, 0.15) is 12.0 Å². The molecule has 0 unspecified atom stereocenters. The van der Waals surface area contributed by atoms with Crippen LogP contribution in [0.15, 0.2) is 30.6 Å². The Morgan fingerprint density at radius 3 is 2.68 bits per heavy atom. The van der Waals surface area contributed by atoms with E-state index in [2.05, 4.69) is 35.2 Å². The zero-order chi connectivity index (χ0) is 13.7. The summed E-state index contributed by atoms with van der Waals surface area (Å²) in [6.07, 6.45) is 2.61. The Morgan fingerprint density at radius 2 is 2.00 bits per heavy atom. The summed E-state index contributed by atoms with van der Waals surface area (Å²) in [7, 11) is 1.65. The standard InChI is InChI=1S/C15H19N3O/c1-4-9-16-15-14(19-3)13(17-10-18-15)12-8-6-5-7-11(12)2/h5-8,10H,4,9H2,1-3H3,(H,16,17,18). The van der Waals surface area contributed by atoms with E-state index in [0.29, 0.717) is 5.75 Å². The third-order valence-corrected chi connectivity index (χ3v) is 2.95. The SMILES string of the molecule is CCCNc1ncnc(-c2ccccc2C)c1OC. The summed E-state index contributed by atoms with van der Waals surface area (Å²) in [5.41, 5.74) is 3.07. The molecule has 100 valence electrons. The van der Waals surface area contributed by atoms with Gasteiger partial charge in [0.15, 0.2) is 11.6 Å². The first-order chi connectivity index (χ1) is 9.27. The lowest BCUT2D eigenvalue weighted by molar-refractivity contribution is 0.414. The second-order valence-electron chi connectivity index (χ2n) is 4.35. The van der Waals surface area contributed by atoms with Gasteiger partial charge in [0, 0.05) is 12.1 Å². The molecule has 0 spiro atoms. The van der Waals surface area contributed by atoms with E-state index in [9.17, 15) is 0 Å². The van der Waals surface area contributed by atoms with Crippen molar-refractivity contribution in [3.8, 4) is 17.0 Å². The van der Waals surface area contributed by atoms with Gasteiger partial charge in [-0.1, -0.05) is 31.2 Å². The van der Waals surface area contributed by atoms with Crippen LogP contribution in [0.1, 0.15) is 18.9 Å². The van der Waals surface area contributed by atoms with Crippen LogP contribution in [-0.2, 0) is 0 Å². The molecule has 0 saturated carbocycles. The largest absolute Gasteiger partial charge is 0.491 e. The number of hydrogen-bond donors (Lipinski definition) is 1. The van der Waals surface area contributed by atoms with Crippen LogP contribution in [0.25, 0.3) is 11.3 Å². The van der Waals surface area contributed by atoms with Crippen molar-refractivity contribution in [1.29, 1.82) is 0 Å². The van der Waals surface area contributed by atoms with Gasteiger partial charge in [-0.3, -0.25) is 0 Å². The summed E-state index contributed by atoms with van der Waals surface area (Å²) in [5.74, 6) is 1.45. The molecule has 0 bridgehead atoms. The van der Waals surface area contributed by atoms with Gasteiger partial charge >= 0.3 is 0 Å². The maximum atomic E-state index is 5.50. The molecule has 4 heteroatoms. The average molecular weight is 257 g/mol. The van der Waals surface area contributed by atoms with Gasteiger partial charge in [-0.15, -0.1) is 0 Å². The van der Waals surface area contributed by atoms with Gasteiger partial charge in [0.25, 0.3) is 0 Å². The van der Waals surface area contributed by atoms with E-state index in [4.69, 9.17) is 4.74 Å². The van der Waals surface area contributed by atoms with Crippen molar-refractivity contribution in [3.05, 3.63) is 36.2 Å². The second kappa shape index (κ2) is 6.18. The number of ether oxygens (including phenoxy) is 1. The summed E-state index contributed by atoms with van der Waals surface area (Å²) < 4.78 is 5.50. The Labute approximate surface area is 113 Å². The van der Waals surface area contributed by atoms with Crippen molar-refractivity contribution in [2.75, 3.05) is 19.0 Å². The van der Waals surface area contributed by atoms with Crippen LogP contribution >= 0.6 is 0 Å². The van der Waals surface area contributed by atoms with Crippen molar-refractivity contribution < 1.29 is 4.74 Å². The Balaban J connectivity index is 2.49. The van der Waals surface area contributed by atoms with E-state index in [1.807, 2.05) is 18.2 Å². The van der Waals surface area contributed by atoms with Gasteiger partial charge < -0.3 is 10.1 Å². The third-order valence-electron chi connectivity index (χ3n) is 2.95. The molecule has 0 amide bonds. The highest BCUT2D eigenvalue weighted by molar-refractivity contribution is 5.74. The molecule has 0 aliphatic carbocycles. The first kappa shape index (κ1) is 13.3. The molecule has 1 aromatic heterocycles. The van der Waals surface area contributed by atoms with Gasteiger partial charge in [-0.05, 0) is 18.9 Å². The number of nitrogens with one attached hydrogen (secondary N) is 1. The van der Waals surface area contributed by atoms with Crippen LogP contribution in [0.5, 0.6) is 5.75 Å².